The van der Waals surface area contributed by atoms with Crippen molar-refractivity contribution in [1.29, 1.82) is 0 Å². The Hall–Kier alpha value is -1.36. The first kappa shape index (κ1) is 13.7. The monoisotopic (exact) mass is 239 g/mol. The first-order valence-electron chi connectivity index (χ1n) is 6.15. The lowest BCUT2D eigenvalue weighted by Gasteiger charge is -2.04. The summed E-state index contributed by atoms with van der Waals surface area (Å²) in [6, 6.07) is 0. The Balaban J connectivity index is 1.93. The van der Waals surface area contributed by atoms with Gasteiger partial charge in [-0.15, -0.1) is 0 Å². The van der Waals surface area contributed by atoms with Crippen molar-refractivity contribution in [3.8, 4) is 0 Å². The predicted molar refractivity (Wildman–Crippen MR) is 65.6 cm³/mol. The molecule has 1 aromatic heterocycles. The summed E-state index contributed by atoms with van der Waals surface area (Å²) in [7, 11) is 0. The van der Waals surface area contributed by atoms with Gasteiger partial charge in [0.2, 0.25) is 5.91 Å². The fraction of sp³-hybridized carbons (Fsp3) is 0.667. The molecule has 0 fully saturated rings. The number of aryl methyl sites for hydroxylation is 1. The molecule has 0 aliphatic carbocycles. The van der Waals surface area contributed by atoms with Crippen molar-refractivity contribution in [2.45, 2.75) is 32.6 Å². The number of imidazole rings is 1. The van der Waals surface area contributed by atoms with E-state index in [0.717, 1.165) is 25.1 Å². The summed E-state index contributed by atoms with van der Waals surface area (Å²) in [6.45, 7) is 4.03. The Bertz CT molecular complexity index is 299. The second-order valence-corrected chi connectivity index (χ2v) is 3.79. The number of nitrogens with one attached hydrogen (secondary N) is 2. The van der Waals surface area contributed by atoms with Gasteiger partial charge >= 0.3 is 0 Å². The van der Waals surface area contributed by atoms with Crippen LogP contribution in [0.25, 0.3) is 0 Å². The molecule has 5 heteroatoms. The van der Waals surface area contributed by atoms with E-state index in [0.29, 0.717) is 26.2 Å². The van der Waals surface area contributed by atoms with Crippen molar-refractivity contribution in [3.63, 3.8) is 0 Å². The van der Waals surface area contributed by atoms with Crippen molar-refractivity contribution in [3.05, 3.63) is 18.2 Å². The molecule has 0 saturated carbocycles. The van der Waals surface area contributed by atoms with Gasteiger partial charge in [-0.25, -0.2) is 4.98 Å². The van der Waals surface area contributed by atoms with Gasteiger partial charge in [-0.1, -0.05) is 0 Å². The molecule has 0 spiro atoms. The van der Waals surface area contributed by atoms with Gasteiger partial charge in [-0.05, 0) is 19.8 Å². The lowest BCUT2D eigenvalue weighted by atomic mass is 10.2. The van der Waals surface area contributed by atoms with E-state index in [4.69, 9.17) is 4.74 Å². The average Bonchev–Trinajstić information content (AvgIpc) is 2.83. The van der Waals surface area contributed by atoms with Crippen molar-refractivity contribution >= 4 is 5.91 Å². The van der Waals surface area contributed by atoms with E-state index in [1.807, 2.05) is 13.1 Å². The van der Waals surface area contributed by atoms with E-state index in [2.05, 4.69) is 15.3 Å². The van der Waals surface area contributed by atoms with Crippen LogP contribution in [-0.4, -0.2) is 35.6 Å². The molecule has 1 rings (SSSR count). The number of hydrogen-bond acceptors (Lipinski definition) is 3. The number of amides is 1. The molecular weight excluding hydrogens is 218 g/mol. The van der Waals surface area contributed by atoms with Gasteiger partial charge in [0.25, 0.3) is 0 Å². The third-order valence-electron chi connectivity index (χ3n) is 2.36. The molecule has 1 amide bonds. The SMILES string of the molecule is CCOCCCC(=O)NCCCc1ncc[nH]1. The third-order valence-corrected chi connectivity index (χ3v) is 2.36. The normalized spacial score (nSPS) is 10.4. The maximum Gasteiger partial charge on any atom is 0.220 e. The van der Waals surface area contributed by atoms with Gasteiger partial charge in [0.1, 0.15) is 5.82 Å². The van der Waals surface area contributed by atoms with Gasteiger partial charge in [0, 0.05) is 45.0 Å². The summed E-state index contributed by atoms with van der Waals surface area (Å²) >= 11 is 0. The van der Waals surface area contributed by atoms with Gasteiger partial charge in [-0.2, -0.15) is 0 Å². The summed E-state index contributed by atoms with van der Waals surface area (Å²) in [5.41, 5.74) is 0. The Morgan fingerprint density at radius 1 is 1.53 bits per heavy atom. The van der Waals surface area contributed by atoms with E-state index in [1.54, 1.807) is 6.20 Å². The Morgan fingerprint density at radius 2 is 2.41 bits per heavy atom. The van der Waals surface area contributed by atoms with E-state index in [9.17, 15) is 4.79 Å². The number of carbonyl (C=O) groups excluding carboxylic acids is 1. The van der Waals surface area contributed by atoms with Crippen molar-refractivity contribution < 1.29 is 9.53 Å². The number of aromatic amines is 1. The molecule has 17 heavy (non-hydrogen) atoms. The fourth-order valence-corrected chi connectivity index (χ4v) is 1.49. The number of H-pyrrole nitrogens is 1. The van der Waals surface area contributed by atoms with Crippen LogP contribution in [-0.2, 0) is 16.0 Å². The lowest BCUT2D eigenvalue weighted by Crippen LogP contribution is -2.24. The van der Waals surface area contributed by atoms with Gasteiger partial charge in [0.05, 0.1) is 0 Å². The molecule has 1 aromatic rings. The van der Waals surface area contributed by atoms with E-state index < -0.39 is 0 Å². The minimum atomic E-state index is 0.101. The predicted octanol–water partition coefficient (Wildman–Crippen LogP) is 1.28. The molecule has 0 saturated heterocycles. The van der Waals surface area contributed by atoms with Crippen molar-refractivity contribution in [2.24, 2.45) is 0 Å². The van der Waals surface area contributed by atoms with Crippen molar-refractivity contribution in [2.75, 3.05) is 19.8 Å². The summed E-state index contributed by atoms with van der Waals surface area (Å²) < 4.78 is 5.17. The molecule has 0 aromatic carbocycles. The first-order valence-corrected chi connectivity index (χ1v) is 6.15. The molecular formula is C12H21N3O2. The fourth-order valence-electron chi connectivity index (χ4n) is 1.49. The Morgan fingerprint density at radius 3 is 3.12 bits per heavy atom. The molecule has 5 nitrogen and oxygen atoms in total. The molecule has 0 unspecified atom stereocenters. The zero-order valence-electron chi connectivity index (χ0n) is 10.4. The highest BCUT2D eigenvalue weighted by molar-refractivity contribution is 5.75. The number of ether oxygens (including phenoxy) is 1. The maximum atomic E-state index is 11.4. The largest absolute Gasteiger partial charge is 0.382 e. The molecule has 0 bridgehead atoms. The average molecular weight is 239 g/mol. The third kappa shape index (κ3) is 6.73. The van der Waals surface area contributed by atoms with E-state index in [1.165, 1.54) is 0 Å². The number of nitrogens with zero attached hydrogens (tertiary/aromatic N) is 1. The quantitative estimate of drug-likeness (QED) is 0.638. The minimum absolute atomic E-state index is 0.101. The van der Waals surface area contributed by atoms with Crippen LogP contribution in [0.2, 0.25) is 0 Å². The second-order valence-electron chi connectivity index (χ2n) is 3.79. The zero-order chi connectivity index (χ0) is 12.3. The van der Waals surface area contributed by atoms with Crippen LogP contribution in [0.3, 0.4) is 0 Å². The molecule has 0 aliphatic heterocycles. The number of hydrogen-bond donors (Lipinski definition) is 2. The van der Waals surface area contributed by atoms with Crippen LogP contribution in [0.4, 0.5) is 0 Å². The van der Waals surface area contributed by atoms with Gasteiger partial charge in [-0.3, -0.25) is 4.79 Å². The van der Waals surface area contributed by atoms with Crippen LogP contribution >= 0.6 is 0 Å². The smallest absolute Gasteiger partial charge is 0.220 e. The zero-order valence-corrected chi connectivity index (χ0v) is 10.4. The van der Waals surface area contributed by atoms with E-state index >= 15 is 0 Å². The number of aromatic nitrogens is 2. The highest BCUT2D eigenvalue weighted by Gasteiger charge is 2.00. The van der Waals surface area contributed by atoms with Crippen LogP contribution < -0.4 is 5.32 Å². The molecule has 0 aliphatic rings. The second kappa shape index (κ2) is 8.75. The topological polar surface area (TPSA) is 67.0 Å². The molecule has 1 heterocycles. The summed E-state index contributed by atoms with van der Waals surface area (Å²) in [5, 5.41) is 2.89. The highest BCUT2D eigenvalue weighted by Crippen LogP contribution is 1.94. The molecule has 0 atom stereocenters. The molecule has 2 N–H and O–H groups in total. The molecule has 0 radical (unpaired) electrons. The summed E-state index contributed by atoms with van der Waals surface area (Å²) in [4.78, 5) is 18.5. The molecule has 96 valence electrons. The van der Waals surface area contributed by atoms with Crippen molar-refractivity contribution in [1.82, 2.24) is 15.3 Å². The summed E-state index contributed by atoms with van der Waals surface area (Å²) in [5.74, 6) is 1.07. The Kier molecular flexibility index (Phi) is 7.06. The van der Waals surface area contributed by atoms with Crippen LogP contribution in [0, 0.1) is 0 Å². The maximum absolute atomic E-state index is 11.4. The van der Waals surface area contributed by atoms with Crippen LogP contribution in [0.15, 0.2) is 12.4 Å². The Labute approximate surface area is 102 Å². The standard InChI is InChI=1S/C12H21N3O2/c1-2-17-10-4-6-12(16)15-7-3-5-11-13-8-9-14-11/h8-9H,2-7,10H2,1H3,(H,13,14)(H,15,16). The van der Waals surface area contributed by atoms with Gasteiger partial charge in [0.15, 0.2) is 0 Å². The lowest BCUT2D eigenvalue weighted by molar-refractivity contribution is -0.121. The first-order chi connectivity index (χ1) is 8.33. The minimum Gasteiger partial charge on any atom is -0.382 e. The number of carbonyl (C=O) groups is 1. The number of rotatable bonds is 9. The van der Waals surface area contributed by atoms with E-state index in [-0.39, 0.29) is 5.91 Å². The van der Waals surface area contributed by atoms with Gasteiger partial charge < -0.3 is 15.0 Å². The summed E-state index contributed by atoms with van der Waals surface area (Å²) in [6.07, 6.45) is 6.65. The van der Waals surface area contributed by atoms with Crippen LogP contribution in [0.5, 0.6) is 0 Å². The van der Waals surface area contributed by atoms with Crippen LogP contribution in [0.1, 0.15) is 32.0 Å². The highest BCUT2D eigenvalue weighted by atomic mass is 16.5.